The van der Waals surface area contributed by atoms with E-state index in [0.29, 0.717) is 11.5 Å². The third kappa shape index (κ3) is 1.70. The highest BCUT2D eigenvalue weighted by molar-refractivity contribution is 6.06. The first-order valence-electron chi connectivity index (χ1n) is 8.83. The summed E-state index contributed by atoms with van der Waals surface area (Å²) in [6, 6.07) is 7.71. The lowest BCUT2D eigenvalue weighted by Crippen LogP contribution is -2.32. The van der Waals surface area contributed by atoms with Crippen LogP contribution in [0, 0.1) is 23.7 Å². The van der Waals surface area contributed by atoms with Crippen molar-refractivity contribution in [2.75, 3.05) is 0 Å². The maximum atomic E-state index is 12.8. The number of benzene rings is 1. The van der Waals surface area contributed by atoms with E-state index in [9.17, 15) is 9.59 Å². The van der Waals surface area contributed by atoms with Crippen molar-refractivity contribution in [3.05, 3.63) is 48.6 Å². The Morgan fingerprint density at radius 3 is 2.54 bits per heavy atom. The van der Waals surface area contributed by atoms with Gasteiger partial charge in [0.2, 0.25) is 11.8 Å². The summed E-state index contributed by atoms with van der Waals surface area (Å²) >= 11 is 0. The maximum Gasteiger partial charge on any atom is 0.234 e. The number of amides is 2. The van der Waals surface area contributed by atoms with Crippen LogP contribution in [0.3, 0.4) is 0 Å². The van der Waals surface area contributed by atoms with Crippen molar-refractivity contribution in [2.24, 2.45) is 23.7 Å². The number of carbonyl (C=O) groups excluding carboxylic acids is 2. The molecule has 1 aliphatic heterocycles. The van der Waals surface area contributed by atoms with Crippen molar-refractivity contribution >= 4 is 28.4 Å². The summed E-state index contributed by atoms with van der Waals surface area (Å²) in [4.78, 5) is 35.9. The fourth-order valence-corrected chi connectivity index (χ4v) is 4.85. The van der Waals surface area contributed by atoms with E-state index in [1.807, 2.05) is 24.3 Å². The number of aromatic nitrogens is 4. The molecule has 3 aliphatic rings. The minimum absolute atomic E-state index is 0.0707. The van der Waals surface area contributed by atoms with Crippen LogP contribution in [0.15, 0.2) is 42.7 Å². The lowest BCUT2D eigenvalue weighted by atomic mass is 9.85. The quantitative estimate of drug-likeness (QED) is 0.520. The second kappa shape index (κ2) is 4.75. The fourth-order valence-electron chi connectivity index (χ4n) is 4.85. The van der Waals surface area contributed by atoms with Gasteiger partial charge in [-0.25, -0.2) is 14.5 Å². The molecule has 0 unspecified atom stereocenters. The van der Waals surface area contributed by atoms with E-state index in [1.165, 1.54) is 4.90 Å². The largest absolute Gasteiger partial charge is 0.274 e. The number of likely N-dealkylation sites (tertiary alicyclic amines) is 1. The molecule has 3 heterocycles. The van der Waals surface area contributed by atoms with Crippen LogP contribution in [-0.2, 0) is 16.1 Å². The highest BCUT2D eigenvalue weighted by atomic mass is 16.2. The van der Waals surface area contributed by atoms with E-state index in [4.69, 9.17) is 0 Å². The number of imide groups is 1. The first-order valence-corrected chi connectivity index (χ1v) is 8.83. The van der Waals surface area contributed by atoms with Gasteiger partial charge in [0.15, 0.2) is 11.5 Å². The van der Waals surface area contributed by atoms with Crippen LogP contribution in [0.2, 0.25) is 0 Å². The van der Waals surface area contributed by atoms with Gasteiger partial charge in [-0.2, -0.15) is 0 Å². The van der Waals surface area contributed by atoms with Crippen molar-refractivity contribution in [1.29, 1.82) is 0 Å². The number of allylic oxidation sites excluding steroid dienone is 2. The smallest absolute Gasteiger partial charge is 0.234 e. The van der Waals surface area contributed by atoms with Crippen LogP contribution in [0.4, 0.5) is 0 Å². The van der Waals surface area contributed by atoms with Crippen molar-refractivity contribution in [3.63, 3.8) is 0 Å². The average Bonchev–Trinajstić information content (AvgIpc) is 3.41. The van der Waals surface area contributed by atoms with Gasteiger partial charge < -0.3 is 0 Å². The number of fused-ring (bicyclic) bond motifs is 8. The Labute approximate surface area is 148 Å². The lowest BCUT2D eigenvalue weighted by molar-refractivity contribution is -0.141. The summed E-state index contributed by atoms with van der Waals surface area (Å²) in [5, 5.41) is 5.32. The summed E-state index contributed by atoms with van der Waals surface area (Å²) < 4.78 is 1.61. The molecule has 7 heteroatoms. The number of para-hydroxylation sites is 1. The number of carbonyl (C=O) groups is 2. The van der Waals surface area contributed by atoms with Gasteiger partial charge in [-0.05, 0) is 30.4 Å². The molecule has 1 saturated heterocycles. The Kier molecular flexibility index (Phi) is 2.58. The summed E-state index contributed by atoms with van der Waals surface area (Å²) in [6.07, 6.45) is 6.74. The molecule has 0 radical (unpaired) electrons. The van der Waals surface area contributed by atoms with Crippen LogP contribution in [0.1, 0.15) is 12.2 Å². The summed E-state index contributed by atoms with van der Waals surface area (Å²) in [5.74, 6) is 0.388. The Morgan fingerprint density at radius 2 is 1.77 bits per heavy atom. The lowest BCUT2D eigenvalue weighted by Gasteiger charge is -2.15. The number of rotatable bonds is 2. The Balaban J connectivity index is 1.37. The number of nitrogens with zero attached hydrogens (tertiary/aromatic N) is 5. The van der Waals surface area contributed by atoms with Gasteiger partial charge in [-0.15, -0.1) is 5.10 Å². The highest BCUT2D eigenvalue weighted by Gasteiger charge is 2.59. The van der Waals surface area contributed by atoms with Crippen molar-refractivity contribution in [1.82, 2.24) is 24.5 Å². The van der Waals surface area contributed by atoms with Crippen molar-refractivity contribution < 1.29 is 9.59 Å². The molecule has 2 amide bonds. The highest BCUT2D eigenvalue weighted by Crippen LogP contribution is 2.52. The van der Waals surface area contributed by atoms with Gasteiger partial charge in [0.05, 0.1) is 23.9 Å². The van der Waals surface area contributed by atoms with Gasteiger partial charge >= 0.3 is 0 Å². The zero-order valence-electron chi connectivity index (χ0n) is 13.8. The molecule has 2 fully saturated rings. The van der Waals surface area contributed by atoms with Gasteiger partial charge in [0.25, 0.3) is 0 Å². The monoisotopic (exact) mass is 345 g/mol. The van der Waals surface area contributed by atoms with E-state index in [1.54, 1.807) is 10.8 Å². The van der Waals surface area contributed by atoms with E-state index >= 15 is 0 Å². The van der Waals surface area contributed by atoms with Crippen LogP contribution in [-0.4, -0.2) is 36.3 Å². The second-order valence-electron chi connectivity index (χ2n) is 7.32. The molecular formula is C19H15N5O2. The molecular weight excluding hydrogens is 330 g/mol. The molecule has 0 N–H and O–H groups in total. The Morgan fingerprint density at radius 1 is 1.04 bits per heavy atom. The average molecular weight is 345 g/mol. The predicted molar refractivity (Wildman–Crippen MR) is 91.6 cm³/mol. The third-order valence-corrected chi connectivity index (χ3v) is 5.99. The van der Waals surface area contributed by atoms with Crippen LogP contribution < -0.4 is 0 Å². The molecule has 128 valence electrons. The van der Waals surface area contributed by atoms with Crippen molar-refractivity contribution in [3.8, 4) is 0 Å². The van der Waals surface area contributed by atoms with Crippen LogP contribution in [0.5, 0.6) is 0 Å². The second-order valence-corrected chi connectivity index (χ2v) is 7.32. The Hall–Kier alpha value is -3.09. The van der Waals surface area contributed by atoms with Crippen molar-refractivity contribution in [2.45, 2.75) is 13.0 Å². The number of hydrogen-bond donors (Lipinski definition) is 0. The minimum atomic E-state index is -0.183. The summed E-state index contributed by atoms with van der Waals surface area (Å²) in [6.45, 7) is 0.125. The van der Waals surface area contributed by atoms with Gasteiger partial charge in [-0.1, -0.05) is 24.3 Å². The standard InChI is InChI=1S/C19H15N5O2/c25-18-15-10-5-6-11(7-10)16(15)19(26)23(18)8-14-21-17-12-3-1-2-4-13(12)20-9-24(17)22-14/h1-6,9-11,15-16H,7-8H2/t10-,11-,15-,16-/m0/s1. The molecule has 6 rings (SSSR count). The molecule has 1 saturated carbocycles. The number of hydrogen-bond acceptors (Lipinski definition) is 5. The molecule has 3 aromatic rings. The SMILES string of the molecule is O=C1[C@@H]2[C@@H](C(=O)N1Cc1nc3c4ccccc4ncn3n1)[C@H]1C=C[C@H]2C1. The normalized spacial score (nSPS) is 29.5. The summed E-state index contributed by atoms with van der Waals surface area (Å²) in [7, 11) is 0. The molecule has 2 bridgehead atoms. The molecule has 2 aromatic heterocycles. The zero-order valence-corrected chi connectivity index (χ0v) is 13.8. The molecule has 26 heavy (non-hydrogen) atoms. The van der Waals surface area contributed by atoms with Gasteiger partial charge in [0.1, 0.15) is 6.33 Å². The minimum Gasteiger partial charge on any atom is -0.274 e. The van der Waals surface area contributed by atoms with E-state index in [2.05, 4.69) is 27.2 Å². The van der Waals surface area contributed by atoms with Crippen LogP contribution in [0.25, 0.3) is 16.6 Å². The van der Waals surface area contributed by atoms with E-state index < -0.39 is 0 Å². The fraction of sp³-hybridized carbons (Fsp3) is 0.316. The third-order valence-electron chi connectivity index (χ3n) is 5.99. The first kappa shape index (κ1) is 14.1. The maximum absolute atomic E-state index is 12.8. The predicted octanol–water partition coefficient (Wildman–Crippen LogP) is 1.58. The Bertz CT molecular complexity index is 1100. The topological polar surface area (TPSA) is 80.5 Å². The zero-order chi connectivity index (χ0) is 17.4. The molecule has 4 atom stereocenters. The molecule has 7 nitrogen and oxygen atoms in total. The van der Waals surface area contributed by atoms with E-state index in [-0.39, 0.29) is 42.0 Å². The molecule has 2 aliphatic carbocycles. The van der Waals surface area contributed by atoms with Gasteiger partial charge in [0, 0.05) is 5.39 Å². The van der Waals surface area contributed by atoms with Gasteiger partial charge in [-0.3, -0.25) is 14.5 Å². The molecule has 0 spiro atoms. The summed E-state index contributed by atoms with van der Waals surface area (Å²) in [5.41, 5.74) is 1.52. The first-order chi connectivity index (χ1) is 12.7. The molecule has 1 aromatic carbocycles. The van der Waals surface area contributed by atoms with E-state index in [0.717, 1.165) is 17.3 Å². The van der Waals surface area contributed by atoms with Crippen LogP contribution >= 0.6 is 0 Å².